The third-order valence-electron chi connectivity index (χ3n) is 2.86. The molecule has 0 aliphatic heterocycles. The van der Waals surface area contributed by atoms with E-state index in [1.165, 1.54) is 4.57 Å². The van der Waals surface area contributed by atoms with Crippen molar-refractivity contribution in [3.05, 3.63) is 41.7 Å². The minimum absolute atomic E-state index is 0.0526. The Bertz CT molecular complexity index is 576. The summed E-state index contributed by atoms with van der Waals surface area (Å²) < 4.78 is 39.4. The number of imidazole rings is 1. The van der Waals surface area contributed by atoms with Gasteiger partial charge in [0.1, 0.15) is 5.82 Å². The van der Waals surface area contributed by atoms with Crippen molar-refractivity contribution in [2.45, 2.75) is 19.3 Å². The second-order valence-electron chi connectivity index (χ2n) is 4.27. The molecule has 0 aliphatic carbocycles. The van der Waals surface area contributed by atoms with Crippen molar-refractivity contribution in [1.29, 1.82) is 0 Å². The highest BCUT2D eigenvalue weighted by Crippen LogP contribution is 2.31. The van der Waals surface area contributed by atoms with E-state index < -0.39 is 11.9 Å². The molecule has 1 heterocycles. The topological polar surface area (TPSA) is 64.1 Å². The normalized spacial score (nSPS) is 11.8. The molecule has 0 saturated heterocycles. The Morgan fingerprint density at radius 3 is 2.35 bits per heavy atom. The fourth-order valence-electron chi connectivity index (χ4n) is 1.85. The molecule has 1 aromatic heterocycles. The highest BCUT2D eigenvalue weighted by molar-refractivity contribution is 5.56. The summed E-state index contributed by atoms with van der Waals surface area (Å²) in [5.74, 6) is 0.176. The summed E-state index contributed by atoms with van der Waals surface area (Å²) in [5, 5.41) is 8.94. The Hall–Kier alpha value is -1.86. The number of benzene rings is 1. The van der Waals surface area contributed by atoms with Crippen LogP contribution in [0, 0.1) is 0 Å². The smallest absolute Gasteiger partial charge is 0.395 e. The van der Waals surface area contributed by atoms with Crippen molar-refractivity contribution in [3.8, 4) is 11.4 Å². The predicted octanol–water partition coefficient (Wildman–Crippen LogP) is 2.02. The number of nitrogens with zero attached hydrogens (tertiary/aromatic N) is 2. The standard InChI is InChI=1S/C13H14F3N3O/c14-13(15,16)11-8-19(5-6-20)12(18-11)10-3-1-9(7-17)2-4-10/h1-4,8,20H,5-7,17H2. The average Bonchev–Trinajstić information content (AvgIpc) is 2.83. The minimum atomic E-state index is -4.51. The molecule has 0 radical (unpaired) electrons. The number of halogens is 3. The Morgan fingerprint density at radius 1 is 1.20 bits per heavy atom. The monoisotopic (exact) mass is 285 g/mol. The molecule has 2 aromatic rings. The molecular formula is C13H14F3N3O. The zero-order chi connectivity index (χ0) is 14.8. The number of rotatable bonds is 4. The van der Waals surface area contributed by atoms with Crippen molar-refractivity contribution in [2.24, 2.45) is 5.73 Å². The van der Waals surface area contributed by atoms with Gasteiger partial charge in [-0.15, -0.1) is 0 Å². The number of aromatic nitrogens is 2. The SMILES string of the molecule is NCc1ccc(-c2nc(C(F)(F)F)cn2CCO)cc1. The van der Waals surface area contributed by atoms with Gasteiger partial charge in [0.25, 0.3) is 0 Å². The number of aliphatic hydroxyl groups is 1. The Morgan fingerprint density at radius 2 is 1.85 bits per heavy atom. The van der Waals surface area contributed by atoms with E-state index in [4.69, 9.17) is 10.8 Å². The van der Waals surface area contributed by atoms with Crippen LogP contribution < -0.4 is 5.73 Å². The Balaban J connectivity index is 2.44. The van der Waals surface area contributed by atoms with Crippen LogP contribution in [0.2, 0.25) is 0 Å². The van der Waals surface area contributed by atoms with E-state index in [-0.39, 0.29) is 19.0 Å². The summed E-state index contributed by atoms with van der Waals surface area (Å²) >= 11 is 0. The quantitative estimate of drug-likeness (QED) is 0.903. The zero-order valence-electron chi connectivity index (χ0n) is 10.6. The van der Waals surface area contributed by atoms with E-state index in [0.29, 0.717) is 12.1 Å². The predicted molar refractivity (Wildman–Crippen MR) is 67.6 cm³/mol. The van der Waals surface area contributed by atoms with Crippen LogP contribution >= 0.6 is 0 Å². The second-order valence-corrected chi connectivity index (χ2v) is 4.27. The molecular weight excluding hydrogens is 271 g/mol. The number of nitrogens with two attached hydrogens (primary N) is 1. The van der Waals surface area contributed by atoms with Crippen LogP contribution in [0.1, 0.15) is 11.3 Å². The van der Waals surface area contributed by atoms with E-state index in [1.54, 1.807) is 24.3 Å². The largest absolute Gasteiger partial charge is 0.434 e. The molecule has 0 atom stereocenters. The van der Waals surface area contributed by atoms with Crippen LogP contribution in [-0.4, -0.2) is 21.3 Å². The first kappa shape index (κ1) is 14.5. The molecule has 108 valence electrons. The molecule has 3 N–H and O–H groups in total. The molecule has 4 nitrogen and oxygen atoms in total. The Kier molecular flexibility index (Phi) is 4.10. The summed E-state index contributed by atoms with van der Waals surface area (Å²) in [7, 11) is 0. The lowest BCUT2D eigenvalue weighted by atomic mass is 10.1. The van der Waals surface area contributed by atoms with E-state index in [0.717, 1.165) is 11.8 Å². The van der Waals surface area contributed by atoms with Crippen LogP contribution in [0.3, 0.4) is 0 Å². The minimum Gasteiger partial charge on any atom is -0.395 e. The second kappa shape index (κ2) is 5.64. The lowest BCUT2D eigenvalue weighted by molar-refractivity contribution is -0.140. The molecule has 2 rings (SSSR count). The van der Waals surface area contributed by atoms with Gasteiger partial charge in [-0.3, -0.25) is 0 Å². The maximum Gasteiger partial charge on any atom is 0.434 e. The van der Waals surface area contributed by atoms with Crippen molar-refractivity contribution in [2.75, 3.05) is 6.61 Å². The van der Waals surface area contributed by atoms with Crippen LogP contribution in [0.5, 0.6) is 0 Å². The van der Waals surface area contributed by atoms with Crippen LogP contribution in [0.15, 0.2) is 30.5 Å². The molecule has 0 saturated carbocycles. The average molecular weight is 285 g/mol. The third kappa shape index (κ3) is 3.00. The fourth-order valence-corrected chi connectivity index (χ4v) is 1.85. The lowest BCUT2D eigenvalue weighted by Crippen LogP contribution is -2.05. The fraction of sp³-hybridized carbons (Fsp3) is 0.308. The highest BCUT2D eigenvalue weighted by atomic mass is 19.4. The van der Waals surface area contributed by atoms with E-state index in [9.17, 15) is 13.2 Å². The molecule has 7 heteroatoms. The maximum atomic E-state index is 12.7. The molecule has 1 aromatic carbocycles. The van der Waals surface area contributed by atoms with Crippen molar-refractivity contribution < 1.29 is 18.3 Å². The first-order chi connectivity index (χ1) is 9.45. The van der Waals surface area contributed by atoms with Gasteiger partial charge in [0.05, 0.1) is 6.61 Å². The van der Waals surface area contributed by atoms with Crippen molar-refractivity contribution in [3.63, 3.8) is 0 Å². The molecule has 0 fully saturated rings. The third-order valence-corrected chi connectivity index (χ3v) is 2.86. The van der Waals surface area contributed by atoms with Gasteiger partial charge in [-0.1, -0.05) is 24.3 Å². The van der Waals surface area contributed by atoms with E-state index in [1.807, 2.05) is 0 Å². The Labute approximate surface area is 113 Å². The summed E-state index contributed by atoms with van der Waals surface area (Å²) in [4.78, 5) is 3.62. The summed E-state index contributed by atoms with van der Waals surface area (Å²) in [6.45, 7) is 0.151. The first-order valence-electron chi connectivity index (χ1n) is 6.00. The maximum absolute atomic E-state index is 12.7. The molecule has 0 aliphatic rings. The van der Waals surface area contributed by atoms with Gasteiger partial charge in [-0.05, 0) is 5.56 Å². The van der Waals surface area contributed by atoms with Gasteiger partial charge in [0.15, 0.2) is 5.69 Å². The van der Waals surface area contributed by atoms with Crippen LogP contribution in [0.4, 0.5) is 13.2 Å². The van der Waals surface area contributed by atoms with E-state index in [2.05, 4.69) is 4.98 Å². The zero-order valence-corrected chi connectivity index (χ0v) is 10.6. The summed E-state index contributed by atoms with van der Waals surface area (Å²) in [6, 6.07) is 6.80. The van der Waals surface area contributed by atoms with Crippen LogP contribution in [0.25, 0.3) is 11.4 Å². The van der Waals surface area contributed by atoms with Gasteiger partial charge in [0.2, 0.25) is 0 Å². The number of hydrogen-bond donors (Lipinski definition) is 2. The van der Waals surface area contributed by atoms with Crippen molar-refractivity contribution >= 4 is 0 Å². The lowest BCUT2D eigenvalue weighted by Gasteiger charge is -2.06. The first-order valence-corrected chi connectivity index (χ1v) is 6.00. The van der Waals surface area contributed by atoms with Gasteiger partial charge in [-0.2, -0.15) is 13.2 Å². The molecule has 0 spiro atoms. The summed E-state index contributed by atoms with van der Waals surface area (Å²) in [6.07, 6.45) is -3.60. The number of alkyl halides is 3. The highest BCUT2D eigenvalue weighted by Gasteiger charge is 2.34. The number of aliphatic hydroxyl groups excluding tert-OH is 1. The molecule has 0 unspecified atom stereocenters. The van der Waals surface area contributed by atoms with Gasteiger partial charge in [0, 0.05) is 24.8 Å². The van der Waals surface area contributed by atoms with E-state index >= 15 is 0 Å². The van der Waals surface area contributed by atoms with Gasteiger partial charge in [-0.25, -0.2) is 4.98 Å². The molecule has 20 heavy (non-hydrogen) atoms. The van der Waals surface area contributed by atoms with Crippen LogP contribution in [-0.2, 0) is 19.3 Å². The summed E-state index contributed by atoms with van der Waals surface area (Å²) in [5.41, 5.74) is 5.93. The molecule has 0 bridgehead atoms. The van der Waals surface area contributed by atoms with Gasteiger partial charge < -0.3 is 15.4 Å². The van der Waals surface area contributed by atoms with Crippen molar-refractivity contribution in [1.82, 2.24) is 9.55 Å². The molecule has 0 amide bonds. The van der Waals surface area contributed by atoms with Gasteiger partial charge >= 0.3 is 6.18 Å². The number of hydrogen-bond acceptors (Lipinski definition) is 3.